The van der Waals surface area contributed by atoms with Crippen LogP contribution in [0, 0.1) is 6.07 Å². The topological polar surface area (TPSA) is 36.4 Å². The Kier molecular flexibility index (Phi) is 4.96. The van der Waals surface area contributed by atoms with Gasteiger partial charge in [0, 0.05) is 49.2 Å². The third-order valence-electron chi connectivity index (χ3n) is 3.71. The predicted octanol–water partition coefficient (Wildman–Crippen LogP) is 2.32. The first kappa shape index (κ1) is 14.9. The number of carbonyl (C=O) groups excluding carboxylic acids is 1. The zero-order chi connectivity index (χ0) is 15.2. The summed E-state index contributed by atoms with van der Waals surface area (Å²) in [5.41, 5.74) is 1.18. The van der Waals surface area contributed by atoms with Crippen molar-refractivity contribution >= 4 is 23.4 Å². The lowest BCUT2D eigenvalue weighted by atomic mass is 10.2. The van der Waals surface area contributed by atoms with E-state index in [0.29, 0.717) is 5.75 Å². The number of thioether (sulfide) groups is 1. The molecular weight excluding hydrogens is 294 g/mol. The number of pyridine rings is 1. The van der Waals surface area contributed by atoms with Crippen molar-refractivity contribution in [3.05, 3.63) is 54.9 Å². The molecule has 113 valence electrons. The highest BCUT2D eigenvalue weighted by atomic mass is 32.2. The molecule has 0 aliphatic carbocycles. The summed E-state index contributed by atoms with van der Waals surface area (Å²) in [5, 5.41) is 0. The maximum Gasteiger partial charge on any atom is 0.233 e. The average molecular weight is 312 g/mol. The smallest absolute Gasteiger partial charge is 0.233 e. The molecule has 0 spiro atoms. The van der Waals surface area contributed by atoms with E-state index in [-0.39, 0.29) is 5.91 Å². The Balaban J connectivity index is 1.48. The molecule has 2 aromatic rings. The SMILES string of the molecule is O=C(CSc1cc[c]cc1)N1CCN(c2ccncc2)CC1. The van der Waals surface area contributed by atoms with Gasteiger partial charge in [-0.15, -0.1) is 11.8 Å². The van der Waals surface area contributed by atoms with E-state index in [1.165, 1.54) is 5.69 Å². The molecular formula is C17H18N3OS. The van der Waals surface area contributed by atoms with Crippen LogP contribution in [-0.2, 0) is 4.79 Å². The normalized spacial score (nSPS) is 14.9. The number of rotatable bonds is 4. The largest absolute Gasteiger partial charge is 0.368 e. The van der Waals surface area contributed by atoms with Crippen molar-refractivity contribution in [3.8, 4) is 0 Å². The van der Waals surface area contributed by atoms with Crippen molar-refractivity contribution < 1.29 is 4.79 Å². The lowest BCUT2D eigenvalue weighted by Crippen LogP contribution is -2.49. The summed E-state index contributed by atoms with van der Waals surface area (Å²) in [6, 6.07) is 14.7. The molecule has 1 saturated heterocycles. The first-order valence-corrected chi connectivity index (χ1v) is 8.33. The Labute approximate surface area is 135 Å². The fourth-order valence-electron chi connectivity index (χ4n) is 2.47. The Morgan fingerprint density at radius 1 is 1.09 bits per heavy atom. The Morgan fingerprint density at radius 3 is 2.45 bits per heavy atom. The molecule has 0 atom stereocenters. The van der Waals surface area contributed by atoms with Gasteiger partial charge in [0.15, 0.2) is 0 Å². The van der Waals surface area contributed by atoms with E-state index in [2.05, 4.69) is 16.0 Å². The molecule has 22 heavy (non-hydrogen) atoms. The molecule has 1 amide bonds. The minimum absolute atomic E-state index is 0.215. The van der Waals surface area contributed by atoms with E-state index in [4.69, 9.17) is 0 Å². The van der Waals surface area contributed by atoms with Gasteiger partial charge >= 0.3 is 0 Å². The highest BCUT2D eigenvalue weighted by Gasteiger charge is 2.21. The fourth-order valence-corrected chi connectivity index (χ4v) is 3.27. The second-order valence-electron chi connectivity index (χ2n) is 5.10. The van der Waals surface area contributed by atoms with Crippen LogP contribution in [0.2, 0.25) is 0 Å². The number of piperazine rings is 1. The van der Waals surface area contributed by atoms with Crippen LogP contribution in [0.4, 0.5) is 5.69 Å². The van der Waals surface area contributed by atoms with Gasteiger partial charge in [-0.1, -0.05) is 12.1 Å². The van der Waals surface area contributed by atoms with Crippen molar-refractivity contribution in [2.24, 2.45) is 0 Å². The summed E-state index contributed by atoms with van der Waals surface area (Å²) in [4.78, 5) is 21.7. The molecule has 0 unspecified atom stereocenters. The van der Waals surface area contributed by atoms with E-state index in [9.17, 15) is 4.79 Å². The van der Waals surface area contributed by atoms with Crippen LogP contribution in [0.3, 0.4) is 0 Å². The molecule has 1 aromatic heterocycles. The molecule has 2 heterocycles. The zero-order valence-corrected chi connectivity index (χ0v) is 13.1. The van der Waals surface area contributed by atoms with Crippen LogP contribution in [0.25, 0.3) is 0 Å². The molecule has 5 heteroatoms. The van der Waals surface area contributed by atoms with Crippen LogP contribution in [0.1, 0.15) is 0 Å². The van der Waals surface area contributed by atoms with Crippen LogP contribution >= 0.6 is 11.8 Å². The fraction of sp³-hybridized carbons (Fsp3) is 0.294. The number of aromatic nitrogens is 1. The molecule has 1 aliphatic heterocycles. The summed E-state index contributed by atoms with van der Waals surface area (Å²) in [6.45, 7) is 3.32. The molecule has 1 aliphatic rings. The second-order valence-corrected chi connectivity index (χ2v) is 6.15. The van der Waals surface area contributed by atoms with E-state index >= 15 is 0 Å². The standard InChI is InChI=1S/C17H18N3OS/c21-17(14-22-16-4-2-1-3-5-16)20-12-10-19(11-13-20)15-6-8-18-9-7-15/h2-9H,10-14H2. The second kappa shape index (κ2) is 7.31. The van der Waals surface area contributed by atoms with Gasteiger partial charge in [-0.05, 0) is 30.3 Å². The van der Waals surface area contributed by atoms with Gasteiger partial charge in [0.2, 0.25) is 5.91 Å². The highest BCUT2D eigenvalue weighted by molar-refractivity contribution is 8.00. The van der Waals surface area contributed by atoms with Gasteiger partial charge < -0.3 is 9.80 Å². The van der Waals surface area contributed by atoms with Crippen LogP contribution in [0.5, 0.6) is 0 Å². The molecule has 0 bridgehead atoms. The van der Waals surface area contributed by atoms with E-state index < -0.39 is 0 Å². The highest BCUT2D eigenvalue weighted by Crippen LogP contribution is 2.19. The third kappa shape index (κ3) is 3.80. The lowest BCUT2D eigenvalue weighted by molar-refractivity contribution is -0.128. The average Bonchev–Trinajstić information content (AvgIpc) is 2.61. The van der Waals surface area contributed by atoms with Crippen molar-refractivity contribution in [1.29, 1.82) is 0 Å². The number of hydrogen-bond donors (Lipinski definition) is 0. The van der Waals surface area contributed by atoms with Gasteiger partial charge in [-0.3, -0.25) is 9.78 Å². The number of amides is 1. The number of carbonyl (C=O) groups is 1. The maximum atomic E-state index is 12.3. The molecule has 4 nitrogen and oxygen atoms in total. The van der Waals surface area contributed by atoms with Gasteiger partial charge in [0.25, 0.3) is 0 Å². The van der Waals surface area contributed by atoms with Gasteiger partial charge in [0.05, 0.1) is 5.75 Å². The minimum Gasteiger partial charge on any atom is -0.368 e. The summed E-state index contributed by atoms with van der Waals surface area (Å²) in [6.07, 6.45) is 3.61. The summed E-state index contributed by atoms with van der Waals surface area (Å²) < 4.78 is 0. The first-order chi connectivity index (χ1) is 10.8. The molecule has 1 fully saturated rings. The summed E-state index contributed by atoms with van der Waals surface area (Å²) >= 11 is 1.59. The first-order valence-electron chi connectivity index (χ1n) is 7.34. The van der Waals surface area contributed by atoms with Gasteiger partial charge in [0.1, 0.15) is 0 Å². The van der Waals surface area contributed by atoms with Gasteiger partial charge in [-0.2, -0.15) is 0 Å². The quantitative estimate of drug-likeness (QED) is 0.812. The number of nitrogens with zero attached hydrogens (tertiary/aromatic N) is 3. The van der Waals surface area contributed by atoms with E-state index in [1.807, 2.05) is 41.3 Å². The Morgan fingerprint density at radius 2 is 1.77 bits per heavy atom. The van der Waals surface area contributed by atoms with E-state index in [1.54, 1.807) is 24.2 Å². The summed E-state index contributed by atoms with van der Waals surface area (Å²) in [7, 11) is 0. The van der Waals surface area contributed by atoms with Gasteiger partial charge in [-0.25, -0.2) is 0 Å². The zero-order valence-electron chi connectivity index (χ0n) is 12.3. The summed E-state index contributed by atoms with van der Waals surface area (Å²) in [5.74, 6) is 0.714. The number of anilines is 1. The molecule has 1 aromatic carbocycles. The van der Waals surface area contributed by atoms with Crippen molar-refractivity contribution in [3.63, 3.8) is 0 Å². The van der Waals surface area contributed by atoms with E-state index in [0.717, 1.165) is 31.1 Å². The monoisotopic (exact) mass is 312 g/mol. The van der Waals surface area contributed by atoms with Crippen LogP contribution < -0.4 is 4.90 Å². The van der Waals surface area contributed by atoms with Crippen molar-refractivity contribution in [1.82, 2.24) is 9.88 Å². The van der Waals surface area contributed by atoms with Crippen molar-refractivity contribution in [2.75, 3.05) is 36.8 Å². The molecule has 3 rings (SSSR count). The molecule has 0 saturated carbocycles. The number of hydrogen-bond acceptors (Lipinski definition) is 4. The molecule has 0 N–H and O–H groups in total. The van der Waals surface area contributed by atoms with Crippen molar-refractivity contribution in [2.45, 2.75) is 4.90 Å². The minimum atomic E-state index is 0.215. The predicted molar refractivity (Wildman–Crippen MR) is 89.0 cm³/mol. The van der Waals surface area contributed by atoms with Crippen LogP contribution in [0.15, 0.2) is 53.7 Å². The number of benzene rings is 1. The Bertz CT molecular complexity index is 598. The Hall–Kier alpha value is -2.01. The third-order valence-corrected chi connectivity index (χ3v) is 4.71. The lowest BCUT2D eigenvalue weighted by Gasteiger charge is -2.36. The molecule has 1 radical (unpaired) electrons. The maximum absolute atomic E-state index is 12.3. The van der Waals surface area contributed by atoms with Crippen LogP contribution in [-0.4, -0.2) is 47.7 Å².